The van der Waals surface area contributed by atoms with Crippen molar-refractivity contribution in [2.45, 2.75) is 0 Å². The molecule has 0 bridgehead atoms. The average Bonchev–Trinajstić information content (AvgIpc) is 2.14. The van der Waals surface area contributed by atoms with E-state index in [-0.39, 0.29) is 6.61 Å². The van der Waals surface area contributed by atoms with Crippen LogP contribution in [-0.2, 0) is 9.47 Å². The molecule has 0 saturated carbocycles. The van der Waals surface area contributed by atoms with Gasteiger partial charge in [-0.15, -0.1) is 0 Å². The number of rotatable bonds is 7. The number of hydrogen-bond acceptors (Lipinski definition) is 4. The molecule has 0 unspecified atom stereocenters. The monoisotopic (exact) mass is 188 g/mol. The number of nitrogens with two attached hydrogens (primary N) is 1. The first-order valence-corrected chi connectivity index (χ1v) is 4.10. The Morgan fingerprint density at radius 3 is 2.92 bits per heavy atom. The van der Waals surface area contributed by atoms with Gasteiger partial charge in [-0.2, -0.15) is 0 Å². The molecule has 0 spiro atoms. The SMILES string of the molecule is C=CCOC(=O)NCCOCCN. The van der Waals surface area contributed by atoms with Crippen molar-refractivity contribution in [2.24, 2.45) is 5.73 Å². The minimum atomic E-state index is -0.462. The molecule has 0 saturated heterocycles. The molecule has 0 aromatic rings. The molecule has 1 amide bonds. The van der Waals surface area contributed by atoms with Gasteiger partial charge in [0.2, 0.25) is 0 Å². The highest BCUT2D eigenvalue weighted by molar-refractivity contribution is 5.67. The summed E-state index contributed by atoms with van der Waals surface area (Å²) in [7, 11) is 0. The average molecular weight is 188 g/mol. The minimum absolute atomic E-state index is 0.218. The van der Waals surface area contributed by atoms with E-state index in [9.17, 15) is 4.79 Å². The third kappa shape index (κ3) is 8.84. The van der Waals surface area contributed by atoms with Gasteiger partial charge in [0.05, 0.1) is 13.2 Å². The van der Waals surface area contributed by atoms with Crippen LogP contribution in [0.15, 0.2) is 12.7 Å². The number of carbonyl (C=O) groups excluding carboxylic acids is 1. The molecule has 5 heteroatoms. The molecule has 0 radical (unpaired) electrons. The third-order valence-electron chi connectivity index (χ3n) is 1.11. The summed E-state index contributed by atoms with van der Waals surface area (Å²) in [5.41, 5.74) is 5.19. The summed E-state index contributed by atoms with van der Waals surface area (Å²) in [4.78, 5) is 10.8. The second-order valence-electron chi connectivity index (χ2n) is 2.21. The molecule has 0 aromatic carbocycles. The number of carbonyl (C=O) groups is 1. The van der Waals surface area contributed by atoms with E-state index < -0.39 is 6.09 Å². The van der Waals surface area contributed by atoms with Gasteiger partial charge in [-0.05, 0) is 0 Å². The fraction of sp³-hybridized carbons (Fsp3) is 0.625. The minimum Gasteiger partial charge on any atom is -0.445 e. The lowest BCUT2D eigenvalue weighted by molar-refractivity contribution is 0.130. The first-order valence-electron chi connectivity index (χ1n) is 4.10. The Morgan fingerprint density at radius 1 is 1.54 bits per heavy atom. The summed E-state index contributed by atoms with van der Waals surface area (Å²) in [6, 6.07) is 0. The van der Waals surface area contributed by atoms with Crippen LogP contribution in [-0.4, -0.2) is 39.0 Å². The molecule has 3 N–H and O–H groups in total. The van der Waals surface area contributed by atoms with Crippen molar-refractivity contribution in [1.29, 1.82) is 0 Å². The zero-order chi connectivity index (χ0) is 9.94. The van der Waals surface area contributed by atoms with Crippen LogP contribution in [0.2, 0.25) is 0 Å². The summed E-state index contributed by atoms with van der Waals surface area (Å²) < 4.78 is 9.67. The van der Waals surface area contributed by atoms with E-state index in [4.69, 9.17) is 10.5 Å². The van der Waals surface area contributed by atoms with Crippen molar-refractivity contribution in [3.05, 3.63) is 12.7 Å². The van der Waals surface area contributed by atoms with Crippen LogP contribution in [0.3, 0.4) is 0 Å². The van der Waals surface area contributed by atoms with E-state index >= 15 is 0 Å². The molecule has 0 aliphatic heterocycles. The van der Waals surface area contributed by atoms with Crippen molar-refractivity contribution in [2.75, 3.05) is 32.9 Å². The highest BCUT2D eigenvalue weighted by atomic mass is 16.5. The standard InChI is InChI=1S/C8H16N2O3/c1-2-5-13-8(11)10-4-7-12-6-3-9/h2H,1,3-7,9H2,(H,10,11). The molecule has 0 aliphatic rings. The Bertz CT molecular complexity index is 150. The van der Waals surface area contributed by atoms with Gasteiger partial charge < -0.3 is 20.5 Å². The maximum atomic E-state index is 10.8. The number of hydrogen-bond donors (Lipinski definition) is 2. The van der Waals surface area contributed by atoms with E-state index in [0.29, 0.717) is 26.3 Å². The quantitative estimate of drug-likeness (QED) is 0.431. The molecule has 0 aliphatic carbocycles. The van der Waals surface area contributed by atoms with Crippen LogP contribution >= 0.6 is 0 Å². The second kappa shape index (κ2) is 9.02. The number of nitrogens with one attached hydrogen (secondary N) is 1. The highest BCUT2D eigenvalue weighted by Crippen LogP contribution is 1.78. The van der Waals surface area contributed by atoms with E-state index in [1.54, 1.807) is 0 Å². The maximum absolute atomic E-state index is 10.8. The van der Waals surface area contributed by atoms with Crippen molar-refractivity contribution < 1.29 is 14.3 Å². The predicted octanol–water partition coefficient (Wildman–Crippen LogP) is -0.126. The largest absolute Gasteiger partial charge is 0.445 e. The van der Waals surface area contributed by atoms with Crippen molar-refractivity contribution in [3.63, 3.8) is 0 Å². The van der Waals surface area contributed by atoms with E-state index in [0.717, 1.165) is 0 Å². The van der Waals surface area contributed by atoms with Crippen LogP contribution < -0.4 is 11.1 Å². The first-order chi connectivity index (χ1) is 6.31. The van der Waals surface area contributed by atoms with Crippen molar-refractivity contribution >= 4 is 6.09 Å². The fourth-order valence-corrected chi connectivity index (χ4v) is 0.596. The van der Waals surface area contributed by atoms with Gasteiger partial charge in [-0.25, -0.2) is 4.79 Å². The van der Waals surface area contributed by atoms with Gasteiger partial charge >= 0.3 is 6.09 Å². The van der Waals surface area contributed by atoms with Crippen molar-refractivity contribution in [3.8, 4) is 0 Å². The number of alkyl carbamates (subject to hydrolysis) is 1. The number of amides is 1. The molecular formula is C8H16N2O3. The molecule has 0 aromatic heterocycles. The first kappa shape index (κ1) is 11.9. The Kier molecular flexibility index (Phi) is 8.28. The van der Waals surface area contributed by atoms with Gasteiger partial charge in [0, 0.05) is 13.1 Å². The Labute approximate surface area is 77.9 Å². The zero-order valence-corrected chi connectivity index (χ0v) is 7.62. The van der Waals surface area contributed by atoms with Crippen LogP contribution in [0, 0.1) is 0 Å². The Balaban J connectivity index is 3.12. The normalized spacial score (nSPS) is 9.31. The Hall–Kier alpha value is -1.07. The highest BCUT2D eigenvalue weighted by Gasteiger charge is 1.97. The summed E-state index contributed by atoms with van der Waals surface area (Å²) in [6.07, 6.45) is 1.04. The van der Waals surface area contributed by atoms with Gasteiger partial charge in [0.15, 0.2) is 0 Å². The molecule has 0 fully saturated rings. The van der Waals surface area contributed by atoms with E-state index in [1.165, 1.54) is 6.08 Å². The topological polar surface area (TPSA) is 73.6 Å². The third-order valence-corrected chi connectivity index (χ3v) is 1.11. The fourth-order valence-electron chi connectivity index (χ4n) is 0.596. The summed E-state index contributed by atoms with van der Waals surface area (Å²) in [6.45, 7) is 5.49. The van der Waals surface area contributed by atoms with Gasteiger partial charge in [-0.3, -0.25) is 0 Å². The molecule has 5 nitrogen and oxygen atoms in total. The van der Waals surface area contributed by atoms with E-state index in [2.05, 4.69) is 16.6 Å². The lowest BCUT2D eigenvalue weighted by atomic mass is 10.6. The van der Waals surface area contributed by atoms with Gasteiger partial charge in [-0.1, -0.05) is 12.7 Å². The maximum Gasteiger partial charge on any atom is 0.407 e. The van der Waals surface area contributed by atoms with Crippen molar-refractivity contribution in [1.82, 2.24) is 5.32 Å². The Morgan fingerprint density at radius 2 is 2.31 bits per heavy atom. The van der Waals surface area contributed by atoms with Crippen LogP contribution in [0.1, 0.15) is 0 Å². The molecule has 13 heavy (non-hydrogen) atoms. The summed E-state index contributed by atoms with van der Waals surface area (Å²) in [5, 5.41) is 2.50. The molecule has 76 valence electrons. The van der Waals surface area contributed by atoms with Crippen LogP contribution in [0.4, 0.5) is 4.79 Å². The summed E-state index contributed by atoms with van der Waals surface area (Å²) >= 11 is 0. The van der Waals surface area contributed by atoms with E-state index in [1.807, 2.05) is 0 Å². The lowest BCUT2D eigenvalue weighted by Crippen LogP contribution is -2.28. The number of ether oxygens (including phenoxy) is 2. The second-order valence-corrected chi connectivity index (χ2v) is 2.21. The molecule has 0 heterocycles. The van der Waals surface area contributed by atoms with Gasteiger partial charge in [0.25, 0.3) is 0 Å². The predicted molar refractivity (Wildman–Crippen MR) is 49.4 cm³/mol. The molecular weight excluding hydrogens is 172 g/mol. The summed E-state index contributed by atoms with van der Waals surface area (Å²) in [5.74, 6) is 0. The molecule has 0 rings (SSSR count). The zero-order valence-electron chi connectivity index (χ0n) is 7.62. The van der Waals surface area contributed by atoms with Gasteiger partial charge in [0.1, 0.15) is 6.61 Å². The smallest absolute Gasteiger partial charge is 0.407 e. The lowest BCUT2D eigenvalue weighted by Gasteiger charge is -2.05. The van der Waals surface area contributed by atoms with Crippen LogP contribution in [0.25, 0.3) is 0 Å². The van der Waals surface area contributed by atoms with Crippen LogP contribution in [0.5, 0.6) is 0 Å². The molecule has 0 atom stereocenters.